The van der Waals surface area contributed by atoms with Crippen molar-refractivity contribution in [2.24, 2.45) is 0 Å². The molecule has 36 heavy (non-hydrogen) atoms. The van der Waals surface area contributed by atoms with Gasteiger partial charge in [0, 0.05) is 18.2 Å². The minimum absolute atomic E-state index is 0.0106. The average Bonchev–Trinajstić information content (AvgIpc) is 2.87. The normalized spacial score (nSPS) is 10.5. The van der Waals surface area contributed by atoms with Gasteiger partial charge in [-0.1, -0.05) is 0 Å². The standard InChI is InChI=1S/C22H22N8O6/c1-34-11-4-15(31)14(23-8-11)7-18-26-21(28-19-16(32)5-12(35-2)9-24-19)30-22(27-18)29-20-17(33)6-13(36-3)10-25-20/h4-6,8-10,31-33H,7H2,1-3H3,(H2,24,25,26,27,28,29,30). The third-order valence-electron chi connectivity index (χ3n) is 4.78. The molecule has 0 amide bonds. The Labute approximate surface area is 204 Å². The topological polar surface area (TPSA) is 190 Å². The Bertz CT molecular complexity index is 1210. The molecule has 0 fully saturated rings. The van der Waals surface area contributed by atoms with Crippen LogP contribution in [0.25, 0.3) is 0 Å². The van der Waals surface area contributed by atoms with Crippen LogP contribution in [0.5, 0.6) is 34.5 Å². The lowest BCUT2D eigenvalue weighted by Crippen LogP contribution is -2.09. The number of nitrogens with zero attached hydrogens (tertiary/aromatic N) is 6. The molecule has 186 valence electrons. The number of anilines is 4. The van der Waals surface area contributed by atoms with E-state index in [1.165, 1.54) is 58.1 Å². The van der Waals surface area contributed by atoms with Crippen LogP contribution in [-0.2, 0) is 6.42 Å². The number of ether oxygens (including phenoxy) is 3. The minimum Gasteiger partial charge on any atom is -0.506 e. The Morgan fingerprint density at radius 1 is 0.639 bits per heavy atom. The minimum atomic E-state index is -0.199. The van der Waals surface area contributed by atoms with Gasteiger partial charge in [-0.05, 0) is 0 Å². The van der Waals surface area contributed by atoms with E-state index in [1.807, 2.05) is 0 Å². The number of aromatic hydroxyl groups is 3. The van der Waals surface area contributed by atoms with Crippen LogP contribution in [0.2, 0.25) is 0 Å². The molecule has 0 saturated heterocycles. The molecule has 0 bridgehead atoms. The van der Waals surface area contributed by atoms with Gasteiger partial charge < -0.3 is 40.2 Å². The van der Waals surface area contributed by atoms with Crippen molar-refractivity contribution < 1.29 is 29.5 Å². The van der Waals surface area contributed by atoms with Gasteiger partial charge in [-0.25, -0.2) is 9.97 Å². The number of nitrogens with one attached hydrogen (secondary N) is 2. The van der Waals surface area contributed by atoms with Crippen LogP contribution < -0.4 is 24.8 Å². The van der Waals surface area contributed by atoms with Gasteiger partial charge >= 0.3 is 0 Å². The second kappa shape index (κ2) is 10.4. The zero-order chi connectivity index (χ0) is 25.7. The number of hydrogen-bond acceptors (Lipinski definition) is 14. The van der Waals surface area contributed by atoms with Crippen molar-refractivity contribution in [3.05, 3.63) is 48.3 Å². The van der Waals surface area contributed by atoms with Crippen LogP contribution >= 0.6 is 0 Å². The average molecular weight is 494 g/mol. The molecule has 5 N–H and O–H groups in total. The van der Waals surface area contributed by atoms with Gasteiger partial charge in [-0.3, -0.25) is 4.98 Å². The zero-order valence-electron chi connectivity index (χ0n) is 19.4. The summed E-state index contributed by atoms with van der Waals surface area (Å²) in [5.41, 5.74) is 0.287. The van der Waals surface area contributed by atoms with E-state index >= 15 is 0 Å². The lowest BCUT2D eigenvalue weighted by Gasteiger charge is -2.12. The summed E-state index contributed by atoms with van der Waals surface area (Å²) in [4.78, 5) is 25.3. The molecule has 0 aliphatic heterocycles. The van der Waals surface area contributed by atoms with Gasteiger partial charge in [0.25, 0.3) is 0 Å². The fraction of sp³-hybridized carbons (Fsp3) is 0.182. The van der Waals surface area contributed by atoms with Crippen molar-refractivity contribution in [1.29, 1.82) is 0 Å². The van der Waals surface area contributed by atoms with E-state index in [1.54, 1.807) is 0 Å². The predicted octanol–water partition coefficient (Wildman–Crippen LogP) is 2.28. The molecule has 0 aromatic carbocycles. The number of hydrogen-bond donors (Lipinski definition) is 5. The molecule has 0 saturated carbocycles. The summed E-state index contributed by atoms with van der Waals surface area (Å²) in [7, 11) is 4.36. The molecule has 0 aliphatic rings. The van der Waals surface area contributed by atoms with Crippen molar-refractivity contribution in [1.82, 2.24) is 29.9 Å². The third-order valence-corrected chi connectivity index (χ3v) is 4.78. The van der Waals surface area contributed by atoms with Crippen LogP contribution in [0.3, 0.4) is 0 Å². The summed E-state index contributed by atoms with van der Waals surface area (Å²) in [5, 5.41) is 36.5. The van der Waals surface area contributed by atoms with Gasteiger partial charge in [0.1, 0.15) is 28.8 Å². The zero-order valence-corrected chi connectivity index (χ0v) is 19.4. The van der Waals surface area contributed by atoms with Crippen LogP contribution in [0.1, 0.15) is 11.5 Å². The first kappa shape index (κ1) is 24.0. The van der Waals surface area contributed by atoms with Gasteiger partial charge in [0.05, 0.1) is 52.0 Å². The van der Waals surface area contributed by atoms with Crippen molar-refractivity contribution in [2.45, 2.75) is 6.42 Å². The highest BCUT2D eigenvalue weighted by molar-refractivity contribution is 5.61. The fourth-order valence-electron chi connectivity index (χ4n) is 2.97. The largest absolute Gasteiger partial charge is 0.506 e. The maximum absolute atomic E-state index is 10.3. The van der Waals surface area contributed by atoms with E-state index in [4.69, 9.17) is 14.2 Å². The van der Waals surface area contributed by atoms with Crippen molar-refractivity contribution in [2.75, 3.05) is 32.0 Å². The van der Waals surface area contributed by atoms with Crippen molar-refractivity contribution in [3.8, 4) is 34.5 Å². The van der Waals surface area contributed by atoms with Crippen LogP contribution in [-0.4, -0.2) is 66.6 Å². The molecule has 4 aromatic heterocycles. The Kier molecular flexibility index (Phi) is 6.95. The highest BCUT2D eigenvalue weighted by atomic mass is 16.5. The number of methoxy groups -OCH3 is 3. The number of aromatic nitrogens is 6. The van der Waals surface area contributed by atoms with E-state index in [0.717, 1.165) is 0 Å². The molecule has 4 heterocycles. The summed E-state index contributed by atoms with van der Waals surface area (Å²) < 4.78 is 15.2. The van der Waals surface area contributed by atoms with Crippen LogP contribution in [0.15, 0.2) is 36.8 Å². The molecule has 4 rings (SSSR count). The molecular formula is C22H22N8O6. The molecule has 0 unspecified atom stereocenters. The Hall–Kier alpha value is -5.14. The van der Waals surface area contributed by atoms with Gasteiger partial charge in [0.15, 0.2) is 23.1 Å². The Morgan fingerprint density at radius 3 is 1.50 bits per heavy atom. The quantitative estimate of drug-likeness (QED) is 0.228. The molecule has 0 aliphatic carbocycles. The van der Waals surface area contributed by atoms with Crippen LogP contribution in [0, 0.1) is 0 Å². The molecular weight excluding hydrogens is 472 g/mol. The summed E-state index contributed by atoms with van der Waals surface area (Å²) in [6.45, 7) is 0. The Morgan fingerprint density at radius 2 is 1.08 bits per heavy atom. The first-order valence-electron chi connectivity index (χ1n) is 10.4. The monoisotopic (exact) mass is 494 g/mol. The number of pyridine rings is 3. The van der Waals surface area contributed by atoms with Gasteiger partial charge in [0.2, 0.25) is 11.9 Å². The third kappa shape index (κ3) is 5.49. The number of rotatable bonds is 9. The second-order valence-electron chi connectivity index (χ2n) is 7.15. The van der Waals surface area contributed by atoms with Gasteiger partial charge in [-0.15, -0.1) is 0 Å². The molecule has 0 radical (unpaired) electrons. The molecule has 14 nitrogen and oxygen atoms in total. The first-order valence-corrected chi connectivity index (χ1v) is 10.4. The van der Waals surface area contributed by atoms with E-state index in [-0.39, 0.29) is 58.7 Å². The second-order valence-corrected chi connectivity index (χ2v) is 7.15. The first-order chi connectivity index (χ1) is 17.4. The summed E-state index contributed by atoms with van der Waals surface area (Å²) in [6.07, 6.45) is 4.28. The highest BCUT2D eigenvalue weighted by Gasteiger charge is 2.15. The smallest absolute Gasteiger partial charge is 0.233 e. The highest BCUT2D eigenvalue weighted by Crippen LogP contribution is 2.30. The summed E-state index contributed by atoms with van der Waals surface area (Å²) in [5.74, 6) is 0.949. The fourth-order valence-corrected chi connectivity index (χ4v) is 2.97. The molecule has 14 heteroatoms. The summed E-state index contributed by atoms with van der Waals surface area (Å²) in [6, 6.07) is 4.16. The predicted molar refractivity (Wildman–Crippen MR) is 127 cm³/mol. The SMILES string of the molecule is COc1cnc(Cc2nc(Nc3ncc(OC)cc3O)nc(Nc3ncc(OC)cc3O)n2)c(O)c1. The molecule has 4 aromatic rings. The van der Waals surface area contributed by atoms with E-state index < -0.39 is 0 Å². The van der Waals surface area contributed by atoms with E-state index in [0.29, 0.717) is 17.2 Å². The molecule has 0 spiro atoms. The van der Waals surface area contributed by atoms with Crippen LogP contribution in [0.4, 0.5) is 23.5 Å². The lowest BCUT2D eigenvalue weighted by atomic mass is 10.2. The van der Waals surface area contributed by atoms with Crippen molar-refractivity contribution >= 4 is 23.5 Å². The lowest BCUT2D eigenvalue weighted by molar-refractivity contribution is 0.403. The maximum Gasteiger partial charge on any atom is 0.233 e. The maximum atomic E-state index is 10.3. The van der Waals surface area contributed by atoms with E-state index in [2.05, 4.69) is 40.5 Å². The Balaban J connectivity index is 1.69. The molecule has 0 atom stereocenters. The van der Waals surface area contributed by atoms with E-state index in [9.17, 15) is 15.3 Å². The van der Waals surface area contributed by atoms with Gasteiger partial charge in [-0.2, -0.15) is 15.0 Å². The summed E-state index contributed by atoms with van der Waals surface area (Å²) >= 11 is 0. The van der Waals surface area contributed by atoms with Crippen molar-refractivity contribution in [3.63, 3.8) is 0 Å².